The SMILES string of the molecule is CCCn1c(C)nc2cc(NC(=O)c3cccc4c3CCC4=O)ccc21. The first kappa shape index (κ1) is 16.5. The van der Waals surface area contributed by atoms with Crippen molar-refractivity contribution in [2.45, 2.75) is 39.7 Å². The fourth-order valence-electron chi connectivity index (χ4n) is 3.74. The van der Waals surface area contributed by atoms with Gasteiger partial charge in [-0.2, -0.15) is 0 Å². The molecule has 5 nitrogen and oxygen atoms in total. The van der Waals surface area contributed by atoms with Crippen molar-refractivity contribution >= 4 is 28.4 Å². The third-order valence-electron chi connectivity index (χ3n) is 4.97. The van der Waals surface area contributed by atoms with Crippen molar-refractivity contribution < 1.29 is 9.59 Å². The Balaban J connectivity index is 1.64. The number of amides is 1. The van der Waals surface area contributed by atoms with Crippen molar-refractivity contribution in [1.82, 2.24) is 9.55 Å². The molecular weight excluding hydrogens is 326 g/mol. The third-order valence-corrected chi connectivity index (χ3v) is 4.97. The summed E-state index contributed by atoms with van der Waals surface area (Å²) in [6.07, 6.45) is 2.17. The lowest BCUT2D eigenvalue weighted by atomic mass is 10.0. The van der Waals surface area contributed by atoms with Crippen molar-refractivity contribution in [3.63, 3.8) is 0 Å². The fourth-order valence-corrected chi connectivity index (χ4v) is 3.74. The maximum atomic E-state index is 12.7. The van der Waals surface area contributed by atoms with Gasteiger partial charge in [0, 0.05) is 29.8 Å². The molecule has 1 heterocycles. The van der Waals surface area contributed by atoms with Gasteiger partial charge in [0.1, 0.15) is 5.82 Å². The first-order valence-corrected chi connectivity index (χ1v) is 9.02. The van der Waals surface area contributed by atoms with Crippen LogP contribution in [0.5, 0.6) is 0 Å². The molecule has 1 N–H and O–H groups in total. The number of fused-ring (bicyclic) bond motifs is 2. The highest BCUT2D eigenvalue weighted by atomic mass is 16.1. The molecular formula is C21H21N3O2. The Bertz CT molecular complexity index is 1030. The first-order chi connectivity index (χ1) is 12.6. The average Bonchev–Trinajstić information content (AvgIpc) is 3.15. The van der Waals surface area contributed by atoms with Crippen LogP contribution < -0.4 is 5.32 Å². The molecule has 132 valence electrons. The van der Waals surface area contributed by atoms with Gasteiger partial charge in [-0.25, -0.2) is 4.98 Å². The summed E-state index contributed by atoms with van der Waals surface area (Å²) in [6.45, 7) is 5.07. The van der Waals surface area contributed by atoms with Gasteiger partial charge in [0.15, 0.2) is 5.78 Å². The molecule has 0 atom stereocenters. The van der Waals surface area contributed by atoms with E-state index in [0.29, 0.717) is 29.7 Å². The molecule has 0 unspecified atom stereocenters. The number of nitrogens with one attached hydrogen (secondary N) is 1. The van der Waals surface area contributed by atoms with Gasteiger partial charge in [-0.3, -0.25) is 9.59 Å². The van der Waals surface area contributed by atoms with E-state index in [1.165, 1.54) is 0 Å². The second-order valence-corrected chi connectivity index (χ2v) is 6.72. The fraction of sp³-hybridized carbons (Fsp3) is 0.286. The van der Waals surface area contributed by atoms with Crippen LogP contribution in [0.3, 0.4) is 0 Å². The summed E-state index contributed by atoms with van der Waals surface area (Å²) >= 11 is 0. The predicted octanol–water partition coefficient (Wildman–Crippen LogP) is 4.14. The van der Waals surface area contributed by atoms with Crippen LogP contribution in [0.2, 0.25) is 0 Å². The Morgan fingerprint density at radius 2 is 2.08 bits per heavy atom. The Morgan fingerprint density at radius 3 is 2.88 bits per heavy atom. The van der Waals surface area contributed by atoms with Crippen LogP contribution >= 0.6 is 0 Å². The summed E-state index contributed by atoms with van der Waals surface area (Å²) in [6, 6.07) is 11.2. The topological polar surface area (TPSA) is 64.0 Å². The number of nitrogens with zero attached hydrogens (tertiary/aromatic N) is 2. The smallest absolute Gasteiger partial charge is 0.255 e. The van der Waals surface area contributed by atoms with E-state index in [1.54, 1.807) is 18.2 Å². The standard InChI is InChI=1S/C21H21N3O2/c1-3-11-24-13(2)22-18-12-14(7-9-19(18)24)23-21(26)17-6-4-5-16-15(17)8-10-20(16)25/h4-7,9,12H,3,8,10-11H2,1-2H3,(H,23,26). The molecule has 26 heavy (non-hydrogen) atoms. The van der Waals surface area contributed by atoms with E-state index in [4.69, 9.17) is 0 Å². The van der Waals surface area contributed by atoms with Crippen LogP contribution in [0.25, 0.3) is 11.0 Å². The van der Waals surface area contributed by atoms with E-state index >= 15 is 0 Å². The largest absolute Gasteiger partial charge is 0.328 e. The lowest BCUT2D eigenvalue weighted by molar-refractivity contribution is 0.0993. The van der Waals surface area contributed by atoms with E-state index in [1.807, 2.05) is 25.1 Å². The number of ketones is 1. The molecule has 0 radical (unpaired) electrons. The van der Waals surface area contributed by atoms with Crippen LogP contribution in [0.15, 0.2) is 36.4 Å². The van der Waals surface area contributed by atoms with E-state index in [-0.39, 0.29) is 11.7 Å². The molecule has 0 saturated carbocycles. The van der Waals surface area contributed by atoms with Gasteiger partial charge >= 0.3 is 0 Å². The van der Waals surface area contributed by atoms with Crippen molar-refractivity contribution in [3.05, 3.63) is 58.9 Å². The van der Waals surface area contributed by atoms with Gasteiger partial charge in [0.2, 0.25) is 0 Å². The number of carbonyl (C=O) groups is 2. The zero-order valence-corrected chi connectivity index (χ0v) is 15.0. The molecule has 0 saturated heterocycles. The van der Waals surface area contributed by atoms with Crippen molar-refractivity contribution in [1.29, 1.82) is 0 Å². The minimum absolute atomic E-state index is 0.119. The number of Topliss-reactive ketones (excluding diaryl/α,β-unsaturated/α-hetero) is 1. The number of aromatic nitrogens is 2. The molecule has 5 heteroatoms. The number of rotatable bonds is 4. The first-order valence-electron chi connectivity index (χ1n) is 9.02. The molecule has 1 aliphatic carbocycles. The average molecular weight is 347 g/mol. The molecule has 0 fully saturated rings. The van der Waals surface area contributed by atoms with Crippen molar-refractivity contribution in [3.8, 4) is 0 Å². The van der Waals surface area contributed by atoms with Crippen LogP contribution in [0, 0.1) is 6.92 Å². The van der Waals surface area contributed by atoms with Gasteiger partial charge in [-0.1, -0.05) is 19.1 Å². The molecule has 1 aliphatic rings. The number of anilines is 1. The minimum Gasteiger partial charge on any atom is -0.328 e. The van der Waals surface area contributed by atoms with Gasteiger partial charge in [-0.15, -0.1) is 0 Å². The number of aryl methyl sites for hydroxylation is 2. The molecule has 3 aromatic rings. The summed E-state index contributed by atoms with van der Waals surface area (Å²) < 4.78 is 2.19. The van der Waals surface area contributed by atoms with Gasteiger partial charge in [0.25, 0.3) is 5.91 Å². The summed E-state index contributed by atoms with van der Waals surface area (Å²) in [4.78, 5) is 29.2. The number of hydrogen-bond acceptors (Lipinski definition) is 3. The highest BCUT2D eigenvalue weighted by Gasteiger charge is 2.24. The Labute approximate surface area is 152 Å². The lowest BCUT2D eigenvalue weighted by Gasteiger charge is -2.09. The quantitative estimate of drug-likeness (QED) is 0.771. The summed E-state index contributed by atoms with van der Waals surface area (Å²) in [5, 5.41) is 2.96. The zero-order chi connectivity index (χ0) is 18.3. The third kappa shape index (κ3) is 2.69. The molecule has 4 rings (SSSR count). The second kappa shape index (κ2) is 6.41. The monoisotopic (exact) mass is 347 g/mol. The number of benzene rings is 2. The van der Waals surface area contributed by atoms with E-state index in [9.17, 15) is 9.59 Å². The molecule has 0 aliphatic heterocycles. The lowest BCUT2D eigenvalue weighted by Crippen LogP contribution is -2.14. The Kier molecular flexibility index (Phi) is 4.07. The number of hydrogen-bond donors (Lipinski definition) is 1. The van der Waals surface area contributed by atoms with E-state index in [0.717, 1.165) is 35.4 Å². The molecule has 0 bridgehead atoms. The Hall–Kier alpha value is -2.95. The Morgan fingerprint density at radius 1 is 1.23 bits per heavy atom. The zero-order valence-electron chi connectivity index (χ0n) is 15.0. The summed E-state index contributed by atoms with van der Waals surface area (Å²) in [5.41, 5.74) is 4.80. The van der Waals surface area contributed by atoms with Gasteiger partial charge in [-0.05, 0) is 49.6 Å². The van der Waals surface area contributed by atoms with Gasteiger partial charge in [0.05, 0.1) is 11.0 Å². The molecule has 1 amide bonds. The second-order valence-electron chi connectivity index (χ2n) is 6.72. The molecule has 0 spiro atoms. The highest BCUT2D eigenvalue weighted by Crippen LogP contribution is 2.27. The van der Waals surface area contributed by atoms with E-state index in [2.05, 4.69) is 21.8 Å². The van der Waals surface area contributed by atoms with Crippen LogP contribution in [0.1, 0.15) is 51.9 Å². The number of imidazole rings is 1. The van der Waals surface area contributed by atoms with E-state index < -0.39 is 0 Å². The molecule has 2 aromatic carbocycles. The minimum atomic E-state index is -0.180. The van der Waals surface area contributed by atoms with Crippen LogP contribution in [-0.2, 0) is 13.0 Å². The summed E-state index contributed by atoms with van der Waals surface area (Å²) in [7, 11) is 0. The van der Waals surface area contributed by atoms with Crippen LogP contribution in [-0.4, -0.2) is 21.2 Å². The summed E-state index contributed by atoms with van der Waals surface area (Å²) in [5.74, 6) is 0.915. The van der Waals surface area contributed by atoms with Crippen molar-refractivity contribution in [2.24, 2.45) is 0 Å². The predicted molar refractivity (Wildman–Crippen MR) is 102 cm³/mol. The number of carbonyl (C=O) groups excluding carboxylic acids is 2. The maximum absolute atomic E-state index is 12.7. The molecule has 1 aromatic heterocycles. The normalized spacial score (nSPS) is 13.2. The van der Waals surface area contributed by atoms with Crippen molar-refractivity contribution in [2.75, 3.05) is 5.32 Å². The highest BCUT2D eigenvalue weighted by molar-refractivity contribution is 6.10. The van der Waals surface area contributed by atoms with Crippen LogP contribution in [0.4, 0.5) is 5.69 Å². The van der Waals surface area contributed by atoms with Gasteiger partial charge < -0.3 is 9.88 Å². The maximum Gasteiger partial charge on any atom is 0.255 e.